The highest BCUT2D eigenvalue weighted by Crippen LogP contribution is 2.34. The highest BCUT2D eigenvalue weighted by molar-refractivity contribution is 9.11. The van der Waals surface area contributed by atoms with Crippen molar-refractivity contribution >= 4 is 31.9 Å². The van der Waals surface area contributed by atoms with Gasteiger partial charge < -0.3 is 19.3 Å². The normalized spacial score (nSPS) is 26.0. The molecule has 19 heavy (non-hydrogen) atoms. The largest absolute Gasteiger partial charge is 0.486 e. The average Bonchev–Trinajstić information content (AvgIpc) is 2.37. The van der Waals surface area contributed by atoms with Gasteiger partial charge in [0.1, 0.15) is 18.0 Å². The Morgan fingerprint density at radius 3 is 2.74 bits per heavy atom. The number of hydrogen-bond acceptors (Lipinski definition) is 4. The van der Waals surface area contributed by atoms with Crippen molar-refractivity contribution in [2.24, 2.45) is 0 Å². The Kier molecular flexibility index (Phi) is 5.65. The molecule has 1 aliphatic carbocycles. The predicted molar refractivity (Wildman–Crippen MR) is 78.5 cm³/mol. The van der Waals surface area contributed by atoms with Gasteiger partial charge in [-0.1, -0.05) is 15.9 Å². The van der Waals surface area contributed by atoms with Gasteiger partial charge in [-0.25, -0.2) is 0 Å². The molecule has 0 radical (unpaired) electrons. The standard InChI is InChI=1S/C13H16Br2O4/c1-17-4-5-18-13-10(16)7-12(13)19-11-3-2-8(14)6-9(11)15/h2-3,6,10,12-13,16H,4-5,7H2,1H3. The molecule has 0 aliphatic heterocycles. The number of rotatable bonds is 6. The minimum atomic E-state index is -0.462. The van der Waals surface area contributed by atoms with Gasteiger partial charge in [0.15, 0.2) is 0 Å². The smallest absolute Gasteiger partial charge is 0.134 e. The van der Waals surface area contributed by atoms with Crippen LogP contribution in [0.15, 0.2) is 27.1 Å². The van der Waals surface area contributed by atoms with Crippen molar-refractivity contribution in [3.63, 3.8) is 0 Å². The van der Waals surface area contributed by atoms with E-state index in [9.17, 15) is 5.11 Å². The summed E-state index contributed by atoms with van der Waals surface area (Å²) in [5, 5.41) is 9.70. The summed E-state index contributed by atoms with van der Waals surface area (Å²) in [5.41, 5.74) is 0. The minimum Gasteiger partial charge on any atom is -0.486 e. The number of aliphatic hydroxyl groups is 1. The fourth-order valence-electron chi connectivity index (χ4n) is 1.89. The Labute approximate surface area is 129 Å². The molecule has 1 aliphatic rings. The van der Waals surface area contributed by atoms with Crippen LogP contribution >= 0.6 is 31.9 Å². The summed E-state index contributed by atoms with van der Waals surface area (Å²) in [6.45, 7) is 0.970. The topological polar surface area (TPSA) is 47.9 Å². The first-order valence-electron chi connectivity index (χ1n) is 6.02. The van der Waals surface area contributed by atoms with Gasteiger partial charge in [0, 0.05) is 18.0 Å². The first kappa shape index (κ1) is 15.3. The fourth-order valence-corrected chi connectivity index (χ4v) is 3.03. The van der Waals surface area contributed by atoms with Crippen LogP contribution in [0.4, 0.5) is 0 Å². The monoisotopic (exact) mass is 394 g/mol. The van der Waals surface area contributed by atoms with Gasteiger partial charge in [-0.2, -0.15) is 0 Å². The Balaban J connectivity index is 1.91. The van der Waals surface area contributed by atoms with Crippen molar-refractivity contribution in [3.05, 3.63) is 27.1 Å². The van der Waals surface area contributed by atoms with Crippen LogP contribution < -0.4 is 4.74 Å². The number of ether oxygens (including phenoxy) is 3. The molecule has 2 rings (SSSR count). The fraction of sp³-hybridized carbons (Fsp3) is 0.538. The van der Waals surface area contributed by atoms with E-state index in [0.29, 0.717) is 19.6 Å². The summed E-state index contributed by atoms with van der Waals surface area (Å²) in [7, 11) is 1.62. The van der Waals surface area contributed by atoms with Crippen LogP contribution in [0.3, 0.4) is 0 Å². The van der Waals surface area contributed by atoms with Crippen LogP contribution in [-0.4, -0.2) is 43.7 Å². The molecule has 0 aromatic heterocycles. The van der Waals surface area contributed by atoms with Crippen molar-refractivity contribution in [3.8, 4) is 5.75 Å². The third-order valence-corrected chi connectivity index (χ3v) is 4.10. The Hall–Kier alpha value is -0.140. The van der Waals surface area contributed by atoms with Gasteiger partial charge in [0.2, 0.25) is 0 Å². The maximum absolute atomic E-state index is 9.70. The van der Waals surface area contributed by atoms with Gasteiger partial charge in [0.05, 0.1) is 23.8 Å². The van der Waals surface area contributed by atoms with E-state index in [2.05, 4.69) is 31.9 Å². The highest BCUT2D eigenvalue weighted by Gasteiger charge is 2.43. The zero-order valence-electron chi connectivity index (χ0n) is 10.5. The third-order valence-electron chi connectivity index (χ3n) is 2.99. The van der Waals surface area contributed by atoms with Gasteiger partial charge in [0.25, 0.3) is 0 Å². The molecule has 106 valence electrons. The first-order chi connectivity index (χ1) is 9.11. The summed E-state index contributed by atoms with van der Waals surface area (Å²) in [4.78, 5) is 0. The summed E-state index contributed by atoms with van der Waals surface area (Å²) in [5.74, 6) is 0.750. The zero-order valence-corrected chi connectivity index (χ0v) is 13.7. The molecule has 1 aromatic rings. The lowest BCUT2D eigenvalue weighted by atomic mass is 9.88. The maximum atomic E-state index is 9.70. The van der Waals surface area contributed by atoms with Crippen molar-refractivity contribution in [1.29, 1.82) is 0 Å². The van der Waals surface area contributed by atoms with E-state index >= 15 is 0 Å². The Bertz CT molecular complexity index is 427. The van der Waals surface area contributed by atoms with Crippen molar-refractivity contribution in [2.75, 3.05) is 20.3 Å². The van der Waals surface area contributed by atoms with Crippen molar-refractivity contribution < 1.29 is 19.3 Å². The molecule has 6 heteroatoms. The summed E-state index contributed by atoms with van der Waals surface area (Å²) < 4.78 is 18.2. The van der Waals surface area contributed by atoms with E-state index in [-0.39, 0.29) is 12.2 Å². The molecule has 1 fully saturated rings. The lowest BCUT2D eigenvalue weighted by Crippen LogP contribution is -2.55. The molecule has 3 unspecified atom stereocenters. The molecular weight excluding hydrogens is 380 g/mol. The van der Waals surface area contributed by atoms with Crippen LogP contribution in [0.25, 0.3) is 0 Å². The molecule has 3 atom stereocenters. The van der Waals surface area contributed by atoms with E-state index in [4.69, 9.17) is 14.2 Å². The number of halogens is 2. The molecule has 0 saturated heterocycles. The van der Waals surface area contributed by atoms with Crippen LogP contribution in [0.2, 0.25) is 0 Å². The highest BCUT2D eigenvalue weighted by atomic mass is 79.9. The molecule has 0 bridgehead atoms. The van der Waals surface area contributed by atoms with Crippen molar-refractivity contribution in [2.45, 2.75) is 24.7 Å². The van der Waals surface area contributed by atoms with E-state index in [1.54, 1.807) is 7.11 Å². The molecule has 4 nitrogen and oxygen atoms in total. The van der Waals surface area contributed by atoms with E-state index < -0.39 is 6.10 Å². The average molecular weight is 396 g/mol. The molecule has 1 saturated carbocycles. The lowest BCUT2D eigenvalue weighted by Gasteiger charge is -2.40. The molecule has 1 aromatic carbocycles. The third kappa shape index (κ3) is 3.92. The maximum Gasteiger partial charge on any atom is 0.134 e. The SMILES string of the molecule is COCCOC1C(O)CC1Oc1ccc(Br)cc1Br. The van der Waals surface area contributed by atoms with Gasteiger partial charge in [-0.15, -0.1) is 0 Å². The van der Waals surface area contributed by atoms with E-state index in [1.807, 2.05) is 18.2 Å². The molecular formula is C13H16Br2O4. The van der Waals surface area contributed by atoms with Gasteiger partial charge >= 0.3 is 0 Å². The summed E-state index contributed by atoms with van der Waals surface area (Å²) >= 11 is 6.84. The Morgan fingerprint density at radius 2 is 2.11 bits per heavy atom. The number of hydrogen-bond donors (Lipinski definition) is 1. The van der Waals surface area contributed by atoms with Crippen LogP contribution in [0.1, 0.15) is 6.42 Å². The Morgan fingerprint density at radius 1 is 1.32 bits per heavy atom. The second-order valence-electron chi connectivity index (χ2n) is 4.36. The first-order valence-corrected chi connectivity index (χ1v) is 7.60. The zero-order chi connectivity index (χ0) is 13.8. The van der Waals surface area contributed by atoms with Gasteiger partial charge in [-0.05, 0) is 34.1 Å². The second kappa shape index (κ2) is 7.04. The van der Waals surface area contributed by atoms with E-state index in [1.165, 1.54) is 0 Å². The predicted octanol–water partition coefficient (Wildman–Crippen LogP) is 2.76. The van der Waals surface area contributed by atoms with Crippen LogP contribution in [-0.2, 0) is 9.47 Å². The quantitative estimate of drug-likeness (QED) is 0.752. The lowest BCUT2D eigenvalue weighted by molar-refractivity contribution is -0.167. The molecule has 0 amide bonds. The second-order valence-corrected chi connectivity index (χ2v) is 6.13. The summed E-state index contributed by atoms with van der Waals surface area (Å²) in [6, 6.07) is 5.71. The van der Waals surface area contributed by atoms with E-state index in [0.717, 1.165) is 14.7 Å². The number of methoxy groups -OCH3 is 1. The van der Waals surface area contributed by atoms with Crippen LogP contribution in [0, 0.1) is 0 Å². The van der Waals surface area contributed by atoms with Crippen LogP contribution in [0.5, 0.6) is 5.75 Å². The number of aliphatic hydroxyl groups excluding tert-OH is 1. The summed E-state index contributed by atoms with van der Waals surface area (Å²) in [6.07, 6.45) is -0.286. The number of benzene rings is 1. The minimum absolute atomic E-state index is 0.121. The van der Waals surface area contributed by atoms with Gasteiger partial charge in [-0.3, -0.25) is 0 Å². The molecule has 0 spiro atoms. The molecule has 1 N–H and O–H groups in total. The molecule has 0 heterocycles. The van der Waals surface area contributed by atoms with Crippen molar-refractivity contribution in [1.82, 2.24) is 0 Å².